The molecule has 0 saturated heterocycles. The lowest BCUT2D eigenvalue weighted by Gasteiger charge is -2.11. The summed E-state index contributed by atoms with van der Waals surface area (Å²) in [5.41, 5.74) is 1.45. The van der Waals surface area contributed by atoms with Gasteiger partial charge in [-0.25, -0.2) is 4.98 Å². The highest BCUT2D eigenvalue weighted by Gasteiger charge is 2.10. The summed E-state index contributed by atoms with van der Waals surface area (Å²) < 4.78 is 12.3. The van der Waals surface area contributed by atoms with Crippen LogP contribution in [0.2, 0.25) is 0 Å². The van der Waals surface area contributed by atoms with Crippen LogP contribution in [0.5, 0.6) is 5.75 Å². The van der Waals surface area contributed by atoms with E-state index in [-0.39, 0.29) is 18.3 Å². The second-order valence-electron chi connectivity index (χ2n) is 6.99. The van der Waals surface area contributed by atoms with Crippen LogP contribution in [0.4, 0.5) is 0 Å². The Morgan fingerprint density at radius 3 is 2.58 bits per heavy atom. The smallest absolute Gasteiger partial charge is 0.259 e. The molecule has 0 aliphatic rings. The number of ether oxygens (including phenoxy) is 1. The number of aromatic nitrogens is 1. The lowest BCUT2D eigenvalue weighted by molar-refractivity contribution is -0.130. The Bertz CT molecular complexity index is 1220. The number of likely N-dealkylation sites (N-methyl/N-ethyl adjacent to an activating group) is 1. The predicted molar refractivity (Wildman–Crippen MR) is 121 cm³/mol. The number of nitrogens with zero attached hydrogens (tertiary/aromatic N) is 2. The van der Waals surface area contributed by atoms with Crippen LogP contribution < -0.4 is 4.74 Å². The quantitative estimate of drug-likeness (QED) is 0.306. The molecule has 0 aliphatic carbocycles. The number of fused-ring (bicyclic) bond motifs is 1. The number of benzene rings is 2. The molecule has 6 nitrogen and oxygen atoms in total. The van der Waals surface area contributed by atoms with E-state index in [1.165, 1.54) is 11.0 Å². The molecule has 2 aromatic carbocycles. The second kappa shape index (κ2) is 8.97. The van der Waals surface area contributed by atoms with Crippen LogP contribution in [0.1, 0.15) is 16.1 Å². The number of amides is 1. The van der Waals surface area contributed by atoms with Gasteiger partial charge >= 0.3 is 0 Å². The second-order valence-corrected chi connectivity index (χ2v) is 8.02. The molecule has 156 valence electrons. The number of ketones is 1. The Labute approximate surface area is 183 Å². The molecule has 31 heavy (non-hydrogen) atoms. The summed E-state index contributed by atoms with van der Waals surface area (Å²) in [5.74, 6) is 1.48. The predicted octanol–water partition coefficient (Wildman–Crippen LogP) is 4.92. The van der Waals surface area contributed by atoms with E-state index in [0.29, 0.717) is 22.8 Å². The van der Waals surface area contributed by atoms with Crippen molar-refractivity contribution in [2.75, 3.05) is 20.7 Å². The highest BCUT2D eigenvalue weighted by Crippen LogP contribution is 2.31. The van der Waals surface area contributed by atoms with Crippen LogP contribution in [0.25, 0.3) is 27.1 Å². The Morgan fingerprint density at radius 1 is 1.06 bits per heavy atom. The summed E-state index contributed by atoms with van der Waals surface area (Å²) in [7, 11) is 3.33. The number of hydrogen-bond donors (Lipinski definition) is 0. The highest BCUT2D eigenvalue weighted by atomic mass is 32.1. The van der Waals surface area contributed by atoms with Gasteiger partial charge in [-0.2, -0.15) is 0 Å². The first-order chi connectivity index (χ1) is 15.0. The first-order valence-electron chi connectivity index (χ1n) is 9.61. The number of allylic oxidation sites excluding steroid dienone is 1. The van der Waals surface area contributed by atoms with Crippen LogP contribution in [0.15, 0.2) is 71.2 Å². The van der Waals surface area contributed by atoms with Gasteiger partial charge in [-0.05, 0) is 60.7 Å². The third-order valence-electron chi connectivity index (χ3n) is 4.53. The SMILES string of the molecule is CN(C)C(=O)COc1ccc(C(=O)/C=C/c2ccc(-c3nc4ccccc4s3)o2)cc1. The molecule has 0 atom stereocenters. The van der Waals surface area contributed by atoms with Gasteiger partial charge in [0.25, 0.3) is 5.91 Å². The van der Waals surface area contributed by atoms with Crippen molar-refractivity contribution in [2.24, 2.45) is 0 Å². The third kappa shape index (κ3) is 4.90. The maximum Gasteiger partial charge on any atom is 0.259 e. The van der Waals surface area contributed by atoms with E-state index in [2.05, 4.69) is 4.98 Å². The number of furan rings is 1. The standard InChI is InChI=1S/C24H20N2O4S/c1-26(2)23(28)15-29-17-9-7-16(8-10-17)20(27)13-11-18-12-14-21(30-18)24-25-19-5-3-4-6-22(19)31-24/h3-14H,15H2,1-2H3/b13-11+. The molecule has 2 aromatic heterocycles. The van der Waals surface area contributed by atoms with Crippen LogP contribution in [-0.2, 0) is 4.79 Å². The summed E-state index contributed by atoms with van der Waals surface area (Å²) in [6, 6.07) is 18.2. The van der Waals surface area contributed by atoms with Crippen molar-refractivity contribution < 1.29 is 18.7 Å². The van der Waals surface area contributed by atoms with Crippen LogP contribution in [0, 0.1) is 0 Å². The van der Waals surface area contributed by atoms with Gasteiger partial charge in [-0.1, -0.05) is 12.1 Å². The van der Waals surface area contributed by atoms with E-state index in [9.17, 15) is 9.59 Å². The molecule has 0 unspecified atom stereocenters. The average molecular weight is 433 g/mol. The molecule has 0 N–H and O–H groups in total. The van der Waals surface area contributed by atoms with Crippen LogP contribution in [0.3, 0.4) is 0 Å². The number of rotatable bonds is 7. The van der Waals surface area contributed by atoms with E-state index in [1.54, 1.807) is 55.8 Å². The molecule has 0 fully saturated rings. The Balaban J connectivity index is 1.39. The first kappa shape index (κ1) is 20.6. The van der Waals surface area contributed by atoms with Crippen molar-refractivity contribution in [3.63, 3.8) is 0 Å². The molecule has 4 rings (SSSR count). The molecule has 0 spiro atoms. The van der Waals surface area contributed by atoms with Gasteiger partial charge in [-0.15, -0.1) is 11.3 Å². The minimum absolute atomic E-state index is 0.0460. The zero-order valence-corrected chi connectivity index (χ0v) is 17.9. The van der Waals surface area contributed by atoms with Crippen molar-refractivity contribution in [1.82, 2.24) is 9.88 Å². The van der Waals surface area contributed by atoms with Gasteiger partial charge in [0.15, 0.2) is 23.2 Å². The van der Waals surface area contributed by atoms with E-state index in [4.69, 9.17) is 9.15 Å². The van der Waals surface area contributed by atoms with Gasteiger partial charge in [-0.3, -0.25) is 9.59 Å². The summed E-state index contributed by atoms with van der Waals surface area (Å²) in [6.45, 7) is -0.0460. The minimum Gasteiger partial charge on any atom is -0.484 e. The number of hydrogen-bond acceptors (Lipinski definition) is 6. The summed E-state index contributed by atoms with van der Waals surface area (Å²) in [4.78, 5) is 30.1. The molecular weight excluding hydrogens is 412 g/mol. The molecule has 0 bridgehead atoms. The number of carbonyl (C=O) groups excluding carboxylic acids is 2. The molecule has 0 radical (unpaired) electrons. The Hall–Kier alpha value is -3.71. The number of para-hydroxylation sites is 1. The topological polar surface area (TPSA) is 72.6 Å². The molecule has 2 heterocycles. The maximum atomic E-state index is 12.4. The largest absolute Gasteiger partial charge is 0.484 e. The monoisotopic (exact) mass is 432 g/mol. The van der Waals surface area contributed by atoms with Crippen molar-refractivity contribution >= 4 is 39.3 Å². The van der Waals surface area contributed by atoms with Gasteiger partial charge in [0.1, 0.15) is 11.5 Å². The maximum absolute atomic E-state index is 12.4. The average Bonchev–Trinajstić information content (AvgIpc) is 3.42. The molecular formula is C24H20N2O4S. The molecule has 0 saturated carbocycles. The van der Waals surface area contributed by atoms with E-state index >= 15 is 0 Å². The zero-order chi connectivity index (χ0) is 21.8. The number of carbonyl (C=O) groups is 2. The van der Waals surface area contributed by atoms with E-state index in [0.717, 1.165) is 15.2 Å². The summed E-state index contributed by atoms with van der Waals surface area (Å²) in [6.07, 6.45) is 3.10. The van der Waals surface area contributed by atoms with Gasteiger partial charge in [0.05, 0.1) is 10.2 Å². The Kier molecular flexibility index (Phi) is 5.95. The first-order valence-corrected chi connectivity index (χ1v) is 10.4. The van der Waals surface area contributed by atoms with E-state index < -0.39 is 0 Å². The molecule has 1 amide bonds. The van der Waals surface area contributed by atoms with Crippen molar-refractivity contribution in [3.05, 3.63) is 78.1 Å². The Morgan fingerprint density at radius 2 is 1.84 bits per heavy atom. The lowest BCUT2D eigenvalue weighted by atomic mass is 10.1. The zero-order valence-electron chi connectivity index (χ0n) is 17.1. The van der Waals surface area contributed by atoms with Crippen LogP contribution >= 0.6 is 11.3 Å². The fourth-order valence-corrected chi connectivity index (χ4v) is 3.71. The van der Waals surface area contributed by atoms with E-state index in [1.807, 2.05) is 36.4 Å². The molecule has 7 heteroatoms. The minimum atomic E-state index is -0.158. The number of thiazole rings is 1. The fourth-order valence-electron chi connectivity index (χ4n) is 2.78. The van der Waals surface area contributed by atoms with Crippen molar-refractivity contribution in [1.29, 1.82) is 0 Å². The normalized spacial score (nSPS) is 11.2. The van der Waals surface area contributed by atoms with Gasteiger partial charge < -0.3 is 14.1 Å². The summed E-state index contributed by atoms with van der Waals surface area (Å²) in [5, 5.41) is 0.801. The molecule has 4 aromatic rings. The summed E-state index contributed by atoms with van der Waals surface area (Å²) >= 11 is 1.56. The lowest BCUT2D eigenvalue weighted by Crippen LogP contribution is -2.27. The van der Waals surface area contributed by atoms with Crippen molar-refractivity contribution in [3.8, 4) is 16.5 Å². The van der Waals surface area contributed by atoms with Gasteiger partial charge in [0.2, 0.25) is 0 Å². The molecule has 0 aliphatic heterocycles. The van der Waals surface area contributed by atoms with Crippen LogP contribution in [-0.4, -0.2) is 42.3 Å². The van der Waals surface area contributed by atoms with Gasteiger partial charge in [0, 0.05) is 19.7 Å². The fraction of sp³-hybridized carbons (Fsp3) is 0.125. The highest BCUT2D eigenvalue weighted by molar-refractivity contribution is 7.21. The van der Waals surface area contributed by atoms with Crippen molar-refractivity contribution in [2.45, 2.75) is 0 Å². The third-order valence-corrected chi connectivity index (χ3v) is 5.58.